The third kappa shape index (κ3) is 6.82. The van der Waals surface area contributed by atoms with E-state index < -0.39 is 33.7 Å². The largest absolute Gasteiger partial charge is 0.497 e. The van der Waals surface area contributed by atoms with Crippen LogP contribution in [0.25, 0.3) is 0 Å². The number of sulfonamides is 1. The second-order valence-corrected chi connectivity index (χ2v) is 15.1. The maximum absolute atomic E-state index is 15.2. The Morgan fingerprint density at radius 2 is 1.59 bits per heavy atom. The highest BCUT2D eigenvalue weighted by molar-refractivity contribution is 7.93. The molecule has 2 saturated heterocycles. The van der Waals surface area contributed by atoms with Crippen molar-refractivity contribution >= 4 is 33.5 Å². The van der Waals surface area contributed by atoms with Crippen molar-refractivity contribution in [2.45, 2.75) is 55.9 Å². The molecule has 2 amide bonds. The molecule has 51 heavy (non-hydrogen) atoms. The number of piperazine rings is 1. The highest BCUT2D eigenvalue weighted by Gasteiger charge is 2.58. The van der Waals surface area contributed by atoms with Crippen LogP contribution >= 0.6 is 0 Å². The smallest absolute Gasteiger partial charge is 0.335 e. The summed E-state index contributed by atoms with van der Waals surface area (Å²) in [6.07, 6.45) is 2.29. The number of aromatic carboxylic acids is 1. The number of carboxylic acid groups (broad SMARTS) is 1. The average Bonchev–Trinajstić information content (AvgIpc) is 3.39. The van der Waals surface area contributed by atoms with E-state index in [0.29, 0.717) is 36.2 Å². The summed E-state index contributed by atoms with van der Waals surface area (Å²) in [6.45, 7) is 10.4. The van der Waals surface area contributed by atoms with Crippen LogP contribution in [0.1, 0.15) is 61.0 Å². The minimum Gasteiger partial charge on any atom is -0.497 e. The van der Waals surface area contributed by atoms with Crippen LogP contribution in [0, 0.1) is 0 Å². The van der Waals surface area contributed by atoms with Crippen LogP contribution in [-0.4, -0.2) is 112 Å². The van der Waals surface area contributed by atoms with Gasteiger partial charge in [-0.25, -0.2) is 17.5 Å². The Balaban J connectivity index is 1.39. The number of piperidine rings is 1. The molecule has 0 bridgehead atoms. The zero-order valence-electron chi connectivity index (χ0n) is 29.4. The number of ether oxygens (including phenoxy) is 2. The van der Waals surface area contributed by atoms with E-state index in [9.17, 15) is 23.1 Å². The van der Waals surface area contributed by atoms with Gasteiger partial charge in [0.05, 0.1) is 29.9 Å². The summed E-state index contributed by atoms with van der Waals surface area (Å²) in [5.74, 6) is -1.72. The van der Waals surface area contributed by atoms with E-state index in [1.54, 1.807) is 36.1 Å². The zero-order valence-corrected chi connectivity index (χ0v) is 30.2. The van der Waals surface area contributed by atoms with E-state index in [1.807, 2.05) is 0 Å². The highest BCUT2D eigenvalue weighted by Crippen LogP contribution is 2.53. The summed E-state index contributed by atoms with van der Waals surface area (Å²) in [5, 5.41) is 10.0. The topological polar surface area (TPSA) is 137 Å². The van der Waals surface area contributed by atoms with Crippen molar-refractivity contribution < 1.29 is 37.4 Å². The molecule has 13 heteroatoms. The molecule has 1 N–H and O–H groups in total. The molecule has 1 atom stereocenters. The van der Waals surface area contributed by atoms with E-state index in [2.05, 4.69) is 16.7 Å². The maximum Gasteiger partial charge on any atom is 0.335 e. The molecule has 0 spiro atoms. The molecule has 6 rings (SSSR count). The number of nitrogens with zero attached hydrogens (tertiary/aromatic N) is 4. The predicted molar refractivity (Wildman–Crippen MR) is 192 cm³/mol. The predicted octanol–water partition coefficient (Wildman–Crippen LogP) is 4.22. The number of rotatable bonds is 12. The number of carbonyl (C=O) groups excluding carboxylic acids is 2. The summed E-state index contributed by atoms with van der Waals surface area (Å²) in [5.41, 5.74) is -1.65. The van der Waals surface area contributed by atoms with Gasteiger partial charge in [0.15, 0.2) is 0 Å². The van der Waals surface area contributed by atoms with Gasteiger partial charge in [-0.1, -0.05) is 25.1 Å². The summed E-state index contributed by atoms with van der Waals surface area (Å²) < 4.78 is 40.7. The molecule has 0 radical (unpaired) electrons. The number of carboxylic acids is 1. The zero-order chi connectivity index (χ0) is 36.3. The molecule has 12 nitrogen and oxygen atoms in total. The van der Waals surface area contributed by atoms with Gasteiger partial charge < -0.3 is 24.4 Å². The Labute approximate surface area is 299 Å². The third-order valence-corrected chi connectivity index (χ3v) is 12.1. The quantitative estimate of drug-likeness (QED) is 0.290. The van der Waals surface area contributed by atoms with Crippen molar-refractivity contribution in [1.82, 2.24) is 14.7 Å². The number of para-hydroxylation sites is 1. The summed E-state index contributed by atoms with van der Waals surface area (Å²) in [4.78, 5) is 48.5. The van der Waals surface area contributed by atoms with Gasteiger partial charge in [0.2, 0.25) is 5.91 Å². The fraction of sp³-hybridized carbons (Fsp3) is 0.447. The molecule has 2 fully saturated rings. The second-order valence-electron chi connectivity index (χ2n) is 13.3. The van der Waals surface area contributed by atoms with Gasteiger partial charge in [0.1, 0.15) is 16.9 Å². The number of carbonyl (C=O) groups is 3. The number of fused-ring (bicyclic) bond motifs is 1. The molecule has 3 heterocycles. The molecule has 0 saturated carbocycles. The van der Waals surface area contributed by atoms with Crippen molar-refractivity contribution in [3.63, 3.8) is 0 Å². The van der Waals surface area contributed by atoms with Crippen molar-refractivity contribution in [3.05, 3.63) is 83.4 Å². The van der Waals surface area contributed by atoms with Crippen molar-refractivity contribution in [3.8, 4) is 11.5 Å². The minimum atomic E-state index is -4.55. The normalized spacial score (nSPS) is 20.3. The Morgan fingerprint density at radius 3 is 2.22 bits per heavy atom. The monoisotopic (exact) mass is 718 g/mol. The molecule has 3 aromatic rings. The van der Waals surface area contributed by atoms with Crippen LogP contribution in [0.2, 0.25) is 0 Å². The van der Waals surface area contributed by atoms with Crippen molar-refractivity contribution in [2.24, 2.45) is 0 Å². The fourth-order valence-corrected chi connectivity index (χ4v) is 9.28. The third-order valence-electron chi connectivity index (χ3n) is 10.4. The van der Waals surface area contributed by atoms with Crippen molar-refractivity contribution in [1.29, 1.82) is 0 Å². The molecule has 1 unspecified atom stereocenters. The van der Waals surface area contributed by atoms with E-state index in [4.69, 9.17) is 9.47 Å². The van der Waals surface area contributed by atoms with Crippen LogP contribution in [0.5, 0.6) is 11.5 Å². The van der Waals surface area contributed by atoms with Crippen molar-refractivity contribution in [2.75, 3.05) is 63.8 Å². The van der Waals surface area contributed by atoms with Crippen LogP contribution in [0.15, 0.2) is 71.6 Å². The Morgan fingerprint density at radius 1 is 0.902 bits per heavy atom. The first-order valence-electron chi connectivity index (χ1n) is 17.6. The van der Waals surface area contributed by atoms with Gasteiger partial charge in [0.25, 0.3) is 15.9 Å². The average molecular weight is 719 g/mol. The van der Waals surface area contributed by atoms with Crippen LogP contribution < -0.4 is 13.8 Å². The summed E-state index contributed by atoms with van der Waals surface area (Å²) in [7, 11) is -3.09. The summed E-state index contributed by atoms with van der Waals surface area (Å²) >= 11 is 0. The van der Waals surface area contributed by atoms with E-state index in [-0.39, 0.29) is 34.2 Å². The fourth-order valence-electron chi connectivity index (χ4n) is 7.79. The number of hydrogen-bond acceptors (Lipinski definition) is 9. The van der Waals surface area contributed by atoms with Crippen LogP contribution in [-0.2, 0) is 25.0 Å². The first-order valence-corrected chi connectivity index (χ1v) is 19.1. The molecule has 3 aromatic carbocycles. The van der Waals surface area contributed by atoms with E-state index >= 15 is 4.79 Å². The lowest BCUT2D eigenvalue weighted by Gasteiger charge is -2.43. The standard InChI is InChI=1S/C38H46N4O8S/c1-4-18-39-21-23-40(24-22-39)28-16-19-41(20-17-28)35(43)26-38(31-8-6-7-9-34(31)50-5-2)32-25-27(36(44)45)10-15-33(32)42(37(38)46)51(47,48)30-13-11-29(49-3)12-14-30/h6-15,25,28H,4-5,16-24,26H2,1-3H3,(H,44,45). The van der Waals surface area contributed by atoms with Gasteiger partial charge in [-0.05, 0) is 86.8 Å². The first kappa shape index (κ1) is 36.3. The second kappa shape index (κ2) is 15.0. The number of benzene rings is 3. The molecule has 0 aliphatic carbocycles. The molecule has 3 aliphatic rings. The van der Waals surface area contributed by atoms with Crippen LogP contribution in [0.3, 0.4) is 0 Å². The van der Waals surface area contributed by atoms with E-state index in [1.165, 1.54) is 49.6 Å². The Bertz CT molecular complexity index is 1870. The number of anilines is 1. The van der Waals surface area contributed by atoms with Crippen LogP contribution in [0.4, 0.5) is 5.69 Å². The lowest BCUT2D eigenvalue weighted by molar-refractivity contribution is -0.136. The molecular weight excluding hydrogens is 673 g/mol. The van der Waals surface area contributed by atoms with Gasteiger partial charge >= 0.3 is 5.97 Å². The van der Waals surface area contributed by atoms with Gasteiger partial charge in [-0.3, -0.25) is 14.5 Å². The highest BCUT2D eigenvalue weighted by atomic mass is 32.2. The minimum absolute atomic E-state index is 0.0131. The number of hydrogen-bond donors (Lipinski definition) is 1. The Kier molecular flexibility index (Phi) is 10.7. The summed E-state index contributed by atoms with van der Waals surface area (Å²) in [6, 6.07) is 16.7. The SMILES string of the molecule is CCCN1CCN(C2CCN(C(=O)CC3(c4ccccc4OCC)C(=O)N(S(=O)(=O)c4ccc(OC)cc4)c4ccc(C(=O)O)cc43)CC2)CC1. The number of likely N-dealkylation sites (tertiary alicyclic amines) is 1. The Hall–Kier alpha value is -4.46. The lowest BCUT2D eigenvalue weighted by Crippen LogP contribution is -2.54. The molecule has 3 aliphatic heterocycles. The molecular formula is C38H46N4O8S. The van der Waals surface area contributed by atoms with E-state index in [0.717, 1.165) is 56.3 Å². The van der Waals surface area contributed by atoms with Gasteiger partial charge in [0, 0.05) is 57.3 Å². The number of methoxy groups -OCH3 is 1. The number of amides is 2. The first-order chi connectivity index (χ1) is 24.5. The van der Waals surface area contributed by atoms with Gasteiger partial charge in [-0.2, -0.15) is 0 Å². The maximum atomic E-state index is 15.2. The molecule has 272 valence electrons. The lowest BCUT2D eigenvalue weighted by atomic mass is 9.71. The van der Waals surface area contributed by atoms with Gasteiger partial charge in [-0.15, -0.1) is 0 Å². The molecule has 0 aromatic heterocycles.